The van der Waals surface area contributed by atoms with Gasteiger partial charge in [0.1, 0.15) is 5.82 Å². The van der Waals surface area contributed by atoms with E-state index in [2.05, 4.69) is 55.4 Å². The molecule has 2 aromatic carbocycles. The monoisotopic (exact) mass is 328 g/mol. The molecule has 0 spiro atoms. The number of benzene rings is 2. The maximum atomic E-state index is 12.8. The Balaban J connectivity index is 0.000000952. The van der Waals surface area contributed by atoms with Gasteiger partial charge in [0.2, 0.25) is 0 Å². The van der Waals surface area contributed by atoms with E-state index in [1.54, 1.807) is 12.1 Å². The molecular formula is C21H29FN2. The van der Waals surface area contributed by atoms with Crippen molar-refractivity contribution in [1.82, 2.24) is 0 Å². The SMILES string of the molecule is C=CC(Cc1cccc(C)c1)Nc1ccc(F)cc1.C=CN.CC. The zero-order valence-electron chi connectivity index (χ0n) is 14.9. The third kappa shape index (κ3) is 8.79. The van der Waals surface area contributed by atoms with Gasteiger partial charge < -0.3 is 11.1 Å². The topological polar surface area (TPSA) is 38.0 Å². The largest absolute Gasteiger partial charge is 0.405 e. The number of anilines is 1. The Morgan fingerprint density at radius 1 is 1.12 bits per heavy atom. The van der Waals surface area contributed by atoms with E-state index < -0.39 is 0 Å². The van der Waals surface area contributed by atoms with Gasteiger partial charge in [-0.05, 0) is 49.4 Å². The fourth-order valence-corrected chi connectivity index (χ4v) is 2.05. The lowest BCUT2D eigenvalue weighted by molar-refractivity contribution is 0.628. The van der Waals surface area contributed by atoms with Crippen molar-refractivity contribution in [2.45, 2.75) is 33.2 Å². The van der Waals surface area contributed by atoms with E-state index in [0.29, 0.717) is 0 Å². The number of hydrogen-bond donors (Lipinski definition) is 2. The summed E-state index contributed by atoms with van der Waals surface area (Å²) < 4.78 is 12.8. The first-order valence-electron chi connectivity index (χ1n) is 8.12. The summed E-state index contributed by atoms with van der Waals surface area (Å²) >= 11 is 0. The van der Waals surface area contributed by atoms with Crippen LogP contribution in [0.5, 0.6) is 0 Å². The summed E-state index contributed by atoms with van der Waals surface area (Å²) in [5, 5.41) is 3.34. The van der Waals surface area contributed by atoms with Crippen LogP contribution in [0.1, 0.15) is 25.0 Å². The van der Waals surface area contributed by atoms with Gasteiger partial charge >= 0.3 is 0 Å². The molecule has 0 saturated heterocycles. The molecule has 130 valence electrons. The van der Waals surface area contributed by atoms with Crippen LogP contribution in [0, 0.1) is 12.7 Å². The summed E-state index contributed by atoms with van der Waals surface area (Å²) in [7, 11) is 0. The molecule has 2 nitrogen and oxygen atoms in total. The zero-order valence-corrected chi connectivity index (χ0v) is 14.9. The maximum absolute atomic E-state index is 12.8. The molecule has 0 bridgehead atoms. The van der Waals surface area contributed by atoms with E-state index in [1.165, 1.54) is 29.5 Å². The fraction of sp³-hybridized carbons (Fsp3) is 0.238. The second kappa shape index (κ2) is 12.9. The van der Waals surface area contributed by atoms with Crippen LogP contribution in [-0.4, -0.2) is 6.04 Å². The number of nitrogens with two attached hydrogens (primary N) is 1. The predicted molar refractivity (Wildman–Crippen MR) is 105 cm³/mol. The molecule has 0 aromatic heterocycles. The minimum absolute atomic E-state index is 0.132. The van der Waals surface area contributed by atoms with Gasteiger partial charge in [-0.1, -0.05) is 56.3 Å². The molecule has 0 amide bonds. The van der Waals surface area contributed by atoms with Crippen LogP contribution in [0.3, 0.4) is 0 Å². The lowest BCUT2D eigenvalue weighted by atomic mass is 10.0. The molecule has 24 heavy (non-hydrogen) atoms. The van der Waals surface area contributed by atoms with Crippen molar-refractivity contribution in [3.05, 3.63) is 90.9 Å². The molecule has 0 radical (unpaired) electrons. The molecule has 0 aliphatic heterocycles. The van der Waals surface area contributed by atoms with Crippen LogP contribution < -0.4 is 11.1 Å². The van der Waals surface area contributed by atoms with Gasteiger partial charge in [0.05, 0.1) is 0 Å². The van der Waals surface area contributed by atoms with Crippen molar-refractivity contribution in [2.75, 3.05) is 5.32 Å². The number of aryl methyl sites for hydroxylation is 1. The molecule has 2 aromatic rings. The van der Waals surface area contributed by atoms with E-state index in [9.17, 15) is 4.39 Å². The molecule has 2 rings (SSSR count). The van der Waals surface area contributed by atoms with E-state index in [1.807, 2.05) is 19.9 Å². The van der Waals surface area contributed by atoms with Crippen molar-refractivity contribution < 1.29 is 4.39 Å². The van der Waals surface area contributed by atoms with Crippen molar-refractivity contribution in [3.8, 4) is 0 Å². The average molecular weight is 328 g/mol. The summed E-state index contributed by atoms with van der Waals surface area (Å²) in [5.41, 5.74) is 8.03. The van der Waals surface area contributed by atoms with Gasteiger partial charge in [-0.2, -0.15) is 0 Å². The highest BCUT2D eigenvalue weighted by molar-refractivity contribution is 5.45. The quantitative estimate of drug-likeness (QED) is 0.715. The van der Waals surface area contributed by atoms with Gasteiger partial charge in [-0.15, -0.1) is 6.58 Å². The first-order chi connectivity index (χ1) is 11.6. The van der Waals surface area contributed by atoms with E-state index in [0.717, 1.165) is 12.1 Å². The Morgan fingerprint density at radius 2 is 1.71 bits per heavy atom. The third-order valence-electron chi connectivity index (χ3n) is 3.02. The number of rotatable bonds is 5. The van der Waals surface area contributed by atoms with Crippen LogP contribution in [0.2, 0.25) is 0 Å². The molecule has 0 aliphatic carbocycles. The Labute approximate surface area is 145 Å². The van der Waals surface area contributed by atoms with Crippen LogP contribution in [-0.2, 0) is 6.42 Å². The third-order valence-corrected chi connectivity index (χ3v) is 3.02. The highest BCUT2D eigenvalue weighted by atomic mass is 19.1. The lowest BCUT2D eigenvalue weighted by Crippen LogP contribution is -2.19. The molecule has 0 heterocycles. The Morgan fingerprint density at radius 3 is 2.21 bits per heavy atom. The maximum Gasteiger partial charge on any atom is 0.123 e. The molecule has 0 saturated carbocycles. The van der Waals surface area contributed by atoms with Crippen LogP contribution in [0.15, 0.2) is 74.0 Å². The Hall–Kier alpha value is -2.55. The van der Waals surface area contributed by atoms with E-state index >= 15 is 0 Å². The fourth-order valence-electron chi connectivity index (χ4n) is 2.05. The van der Waals surface area contributed by atoms with E-state index in [-0.39, 0.29) is 11.9 Å². The minimum Gasteiger partial charge on any atom is -0.405 e. The Bertz CT molecular complexity index is 591. The van der Waals surface area contributed by atoms with Gasteiger partial charge in [0, 0.05) is 11.7 Å². The first-order valence-corrected chi connectivity index (χ1v) is 8.12. The van der Waals surface area contributed by atoms with Crippen molar-refractivity contribution >= 4 is 5.69 Å². The molecule has 3 heteroatoms. The second-order valence-electron chi connectivity index (χ2n) is 4.92. The smallest absolute Gasteiger partial charge is 0.123 e. The standard InChI is InChI=1S/C17H18FN.C2H5N.C2H6/c1-3-16(12-14-6-4-5-13(2)11-14)19-17-9-7-15(18)8-10-17;1-2-3;1-2/h3-11,16,19H,1,12H2,2H3;2H,1,3H2;1-2H3. The molecule has 0 aliphatic rings. The molecule has 1 unspecified atom stereocenters. The second-order valence-corrected chi connectivity index (χ2v) is 4.92. The summed E-state index contributed by atoms with van der Waals surface area (Å²) in [6, 6.07) is 14.9. The molecule has 3 N–H and O–H groups in total. The number of hydrogen-bond acceptors (Lipinski definition) is 2. The Kier molecular flexibility index (Phi) is 11.6. The average Bonchev–Trinajstić information content (AvgIpc) is 2.59. The first kappa shape index (κ1) is 21.4. The van der Waals surface area contributed by atoms with Gasteiger partial charge in [0.15, 0.2) is 0 Å². The molecular weight excluding hydrogens is 299 g/mol. The highest BCUT2D eigenvalue weighted by Gasteiger charge is 2.05. The predicted octanol–water partition coefficient (Wildman–Crippen LogP) is 5.46. The summed E-state index contributed by atoms with van der Waals surface area (Å²) in [6.45, 7) is 13.1. The van der Waals surface area contributed by atoms with Crippen molar-refractivity contribution in [2.24, 2.45) is 5.73 Å². The number of nitrogens with one attached hydrogen (secondary N) is 1. The molecule has 0 fully saturated rings. The van der Waals surface area contributed by atoms with Crippen LogP contribution >= 0.6 is 0 Å². The summed E-state index contributed by atoms with van der Waals surface area (Å²) in [4.78, 5) is 0. The number of halogens is 1. The van der Waals surface area contributed by atoms with E-state index in [4.69, 9.17) is 0 Å². The van der Waals surface area contributed by atoms with Crippen LogP contribution in [0.25, 0.3) is 0 Å². The highest BCUT2D eigenvalue weighted by Crippen LogP contribution is 2.13. The van der Waals surface area contributed by atoms with Crippen molar-refractivity contribution in [1.29, 1.82) is 0 Å². The minimum atomic E-state index is -0.223. The summed E-state index contributed by atoms with van der Waals surface area (Å²) in [6.07, 6.45) is 3.99. The van der Waals surface area contributed by atoms with Crippen molar-refractivity contribution in [3.63, 3.8) is 0 Å². The normalized spacial score (nSPS) is 10.2. The van der Waals surface area contributed by atoms with Gasteiger partial charge in [-0.3, -0.25) is 0 Å². The van der Waals surface area contributed by atoms with Crippen LogP contribution in [0.4, 0.5) is 10.1 Å². The zero-order chi connectivity index (χ0) is 18.4. The summed E-state index contributed by atoms with van der Waals surface area (Å²) in [5.74, 6) is -0.223. The van der Waals surface area contributed by atoms with Gasteiger partial charge in [0.25, 0.3) is 0 Å². The molecule has 1 atom stereocenters. The lowest BCUT2D eigenvalue weighted by Gasteiger charge is -2.16. The van der Waals surface area contributed by atoms with Gasteiger partial charge in [-0.25, -0.2) is 4.39 Å².